The summed E-state index contributed by atoms with van der Waals surface area (Å²) < 4.78 is 5.64. The molecule has 5 nitrogen and oxygen atoms in total. The molecule has 0 saturated heterocycles. The number of oxime groups is 1. The van der Waals surface area contributed by atoms with Gasteiger partial charge in [0.15, 0.2) is 6.10 Å². The largest absolute Gasteiger partial charge is 0.478 e. The molecule has 5 heteroatoms. The third-order valence-corrected chi connectivity index (χ3v) is 4.05. The van der Waals surface area contributed by atoms with Gasteiger partial charge in [-0.3, -0.25) is 0 Å². The summed E-state index contributed by atoms with van der Waals surface area (Å²) in [6.45, 7) is 0.401. The van der Waals surface area contributed by atoms with Crippen LogP contribution in [-0.4, -0.2) is 23.4 Å². The van der Waals surface area contributed by atoms with Gasteiger partial charge < -0.3 is 14.7 Å². The average molecular weight is 375 g/mol. The highest BCUT2D eigenvalue weighted by Gasteiger charge is 2.19. The number of carboxylic acid groups (broad SMARTS) is 1. The molecule has 0 aliphatic rings. The second kappa shape index (κ2) is 9.92. The molecule has 3 aromatic rings. The number of aliphatic carboxylic acids is 1. The van der Waals surface area contributed by atoms with Crippen molar-refractivity contribution in [3.05, 3.63) is 102 Å². The van der Waals surface area contributed by atoms with Crippen LogP contribution < -0.4 is 4.74 Å². The maximum atomic E-state index is 11.5. The van der Waals surface area contributed by atoms with Crippen LogP contribution in [0, 0.1) is 0 Å². The highest BCUT2D eigenvalue weighted by molar-refractivity contribution is 5.79. The van der Waals surface area contributed by atoms with E-state index < -0.39 is 12.1 Å². The number of benzene rings is 3. The Morgan fingerprint density at radius 2 is 1.50 bits per heavy atom. The fraction of sp³-hybridized carbons (Fsp3) is 0.130. The molecule has 0 aliphatic heterocycles. The molecule has 0 heterocycles. The van der Waals surface area contributed by atoms with E-state index in [4.69, 9.17) is 9.57 Å². The van der Waals surface area contributed by atoms with Crippen molar-refractivity contribution in [2.75, 3.05) is 0 Å². The lowest BCUT2D eigenvalue weighted by molar-refractivity contribution is -0.145. The Labute approximate surface area is 163 Å². The lowest BCUT2D eigenvalue weighted by atomic mass is 10.1. The second-order valence-corrected chi connectivity index (χ2v) is 6.20. The van der Waals surface area contributed by atoms with Crippen LogP contribution in [0.4, 0.5) is 0 Å². The molecule has 1 unspecified atom stereocenters. The number of ether oxygens (including phenoxy) is 1. The molecule has 3 aromatic carbocycles. The fourth-order valence-electron chi connectivity index (χ4n) is 2.59. The monoisotopic (exact) mass is 375 g/mol. The first-order chi connectivity index (χ1) is 13.7. The lowest BCUT2D eigenvalue weighted by Gasteiger charge is -2.15. The van der Waals surface area contributed by atoms with Gasteiger partial charge in [0.1, 0.15) is 12.4 Å². The zero-order chi connectivity index (χ0) is 19.6. The predicted molar refractivity (Wildman–Crippen MR) is 107 cm³/mol. The summed E-state index contributed by atoms with van der Waals surface area (Å²) in [5.74, 6) is -0.505. The maximum Gasteiger partial charge on any atom is 0.345 e. The van der Waals surface area contributed by atoms with Crippen LogP contribution in [0.2, 0.25) is 0 Å². The van der Waals surface area contributed by atoms with Crippen molar-refractivity contribution in [1.82, 2.24) is 0 Å². The SMILES string of the molecule is O=C(O)C(Cc1ccccc1)Oc1ccc(/C=N/OCc2ccccc2)cc1. The quantitative estimate of drug-likeness (QED) is 0.447. The van der Waals surface area contributed by atoms with Crippen LogP contribution in [0.5, 0.6) is 5.75 Å². The number of hydrogen-bond donors (Lipinski definition) is 1. The summed E-state index contributed by atoms with van der Waals surface area (Å²) in [6.07, 6.45) is 0.953. The van der Waals surface area contributed by atoms with Gasteiger partial charge in [-0.2, -0.15) is 0 Å². The highest BCUT2D eigenvalue weighted by atomic mass is 16.6. The van der Waals surface area contributed by atoms with Gasteiger partial charge in [0.05, 0.1) is 6.21 Å². The topological polar surface area (TPSA) is 68.1 Å². The van der Waals surface area contributed by atoms with Crippen LogP contribution in [0.15, 0.2) is 90.1 Å². The zero-order valence-corrected chi connectivity index (χ0v) is 15.3. The molecule has 1 N–H and O–H groups in total. The van der Waals surface area contributed by atoms with Gasteiger partial charge in [-0.25, -0.2) is 4.79 Å². The van der Waals surface area contributed by atoms with Gasteiger partial charge in [-0.1, -0.05) is 65.8 Å². The van der Waals surface area contributed by atoms with E-state index in [2.05, 4.69) is 5.16 Å². The van der Waals surface area contributed by atoms with Gasteiger partial charge in [-0.05, 0) is 41.0 Å². The number of carbonyl (C=O) groups is 1. The molecular weight excluding hydrogens is 354 g/mol. The van der Waals surface area contributed by atoms with Crippen molar-refractivity contribution >= 4 is 12.2 Å². The van der Waals surface area contributed by atoms with Crippen molar-refractivity contribution in [2.24, 2.45) is 5.16 Å². The van der Waals surface area contributed by atoms with E-state index in [-0.39, 0.29) is 0 Å². The van der Waals surface area contributed by atoms with Crippen molar-refractivity contribution < 1.29 is 19.5 Å². The zero-order valence-electron chi connectivity index (χ0n) is 15.3. The summed E-state index contributed by atoms with van der Waals surface area (Å²) in [5, 5.41) is 13.4. The van der Waals surface area contributed by atoms with Crippen LogP contribution in [0.25, 0.3) is 0 Å². The molecule has 0 amide bonds. The molecule has 1 atom stereocenters. The van der Waals surface area contributed by atoms with E-state index in [1.54, 1.807) is 30.5 Å². The van der Waals surface area contributed by atoms with Crippen LogP contribution >= 0.6 is 0 Å². The third-order valence-electron chi connectivity index (χ3n) is 4.05. The van der Waals surface area contributed by atoms with E-state index >= 15 is 0 Å². The molecule has 28 heavy (non-hydrogen) atoms. The Kier molecular flexibility index (Phi) is 6.79. The average Bonchev–Trinajstić information content (AvgIpc) is 2.73. The third kappa shape index (κ3) is 5.99. The van der Waals surface area contributed by atoms with E-state index in [0.29, 0.717) is 18.8 Å². The minimum atomic E-state index is -0.996. The number of hydrogen-bond acceptors (Lipinski definition) is 4. The smallest absolute Gasteiger partial charge is 0.345 e. The normalized spacial score (nSPS) is 11.9. The molecule has 3 rings (SSSR count). The first kappa shape index (κ1) is 19.2. The summed E-state index contributed by atoms with van der Waals surface area (Å²) in [6, 6.07) is 26.2. The molecular formula is C23H21NO4. The minimum absolute atomic E-state index is 0.298. The van der Waals surface area contributed by atoms with E-state index in [9.17, 15) is 9.90 Å². The van der Waals surface area contributed by atoms with Crippen LogP contribution in [0.3, 0.4) is 0 Å². The Morgan fingerprint density at radius 1 is 0.893 bits per heavy atom. The molecule has 0 radical (unpaired) electrons. The Morgan fingerprint density at radius 3 is 2.11 bits per heavy atom. The van der Waals surface area contributed by atoms with E-state index in [0.717, 1.165) is 16.7 Å². The molecule has 0 bridgehead atoms. The van der Waals surface area contributed by atoms with Crippen molar-refractivity contribution in [1.29, 1.82) is 0 Å². The molecule has 0 saturated carbocycles. The molecule has 0 spiro atoms. The van der Waals surface area contributed by atoms with Crippen LogP contribution in [0.1, 0.15) is 16.7 Å². The predicted octanol–water partition coefficient (Wildman–Crippen LogP) is 4.31. The van der Waals surface area contributed by atoms with Crippen molar-refractivity contribution in [3.8, 4) is 5.75 Å². The van der Waals surface area contributed by atoms with Gasteiger partial charge in [0, 0.05) is 6.42 Å². The van der Waals surface area contributed by atoms with Gasteiger partial charge in [0.2, 0.25) is 0 Å². The summed E-state index contributed by atoms with van der Waals surface area (Å²) in [7, 11) is 0. The van der Waals surface area contributed by atoms with Crippen LogP contribution in [-0.2, 0) is 22.7 Å². The standard InChI is InChI=1S/C23H21NO4/c25-23(26)22(15-18-7-3-1-4-8-18)28-21-13-11-19(12-14-21)16-24-27-17-20-9-5-2-6-10-20/h1-14,16,22H,15,17H2,(H,25,26)/b24-16+. The summed E-state index contributed by atoms with van der Waals surface area (Å²) in [4.78, 5) is 16.8. The molecule has 0 aromatic heterocycles. The summed E-state index contributed by atoms with van der Waals surface area (Å²) in [5.41, 5.74) is 2.78. The highest BCUT2D eigenvalue weighted by Crippen LogP contribution is 2.16. The first-order valence-electron chi connectivity index (χ1n) is 8.93. The Hall–Kier alpha value is -3.60. The Balaban J connectivity index is 1.53. The lowest BCUT2D eigenvalue weighted by Crippen LogP contribution is -2.29. The van der Waals surface area contributed by atoms with Gasteiger partial charge in [0.25, 0.3) is 0 Å². The van der Waals surface area contributed by atoms with Crippen molar-refractivity contribution in [2.45, 2.75) is 19.1 Å². The molecule has 0 fully saturated rings. The number of nitrogens with zero attached hydrogens (tertiary/aromatic N) is 1. The van der Waals surface area contributed by atoms with E-state index in [1.165, 1.54) is 0 Å². The minimum Gasteiger partial charge on any atom is -0.478 e. The van der Waals surface area contributed by atoms with Gasteiger partial charge in [-0.15, -0.1) is 0 Å². The van der Waals surface area contributed by atoms with E-state index in [1.807, 2.05) is 60.7 Å². The Bertz CT molecular complexity index is 893. The number of carboxylic acids is 1. The summed E-state index contributed by atoms with van der Waals surface area (Å²) >= 11 is 0. The molecule has 0 aliphatic carbocycles. The molecule has 142 valence electrons. The van der Waals surface area contributed by atoms with Gasteiger partial charge >= 0.3 is 5.97 Å². The second-order valence-electron chi connectivity index (χ2n) is 6.20. The first-order valence-corrected chi connectivity index (χ1v) is 8.93. The maximum absolute atomic E-state index is 11.5. The fourth-order valence-corrected chi connectivity index (χ4v) is 2.59. The number of rotatable bonds is 9. The van der Waals surface area contributed by atoms with Crippen molar-refractivity contribution in [3.63, 3.8) is 0 Å².